The van der Waals surface area contributed by atoms with Crippen molar-refractivity contribution in [2.75, 3.05) is 12.4 Å². The van der Waals surface area contributed by atoms with Gasteiger partial charge in [0.1, 0.15) is 11.5 Å². The zero-order chi connectivity index (χ0) is 23.5. The van der Waals surface area contributed by atoms with Crippen molar-refractivity contribution in [3.8, 4) is 11.5 Å². The Hall–Kier alpha value is -2.38. The highest BCUT2D eigenvalue weighted by Crippen LogP contribution is 2.34. The van der Waals surface area contributed by atoms with E-state index in [-0.39, 0.29) is 12.2 Å². The average Bonchev–Trinajstić information content (AvgIpc) is 2.75. The van der Waals surface area contributed by atoms with Crippen molar-refractivity contribution in [1.29, 1.82) is 0 Å². The van der Waals surface area contributed by atoms with Gasteiger partial charge < -0.3 is 20.2 Å². The van der Waals surface area contributed by atoms with Gasteiger partial charge in [-0.3, -0.25) is 4.79 Å². The van der Waals surface area contributed by atoms with Gasteiger partial charge in [-0.25, -0.2) is 0 Å². The number of nitrogens with zero attached hydrogens (tertiary/aromatic N) is 1. The van der Waals surface area contributed by atoms with Gasteiger partial charge in [-0.1, -0.05) is 49.5 Å². The molecule has 2 aromatic carbocycles. The molecule has 0 unspecified atom stereocenters. The second-order valence-corrected chi connectivity index (χ2v) is 8.91. The van der Waals surface area contributed by atoms with E-state index in [4.69, 9.17) is 21.4 Å². The molecule has 0 fully saturated rings. The number of carboxylic acid groups (broad SMARTS) is 1. The molecule has 0 saturated heterocycles. The van der Waals surface area contributed by atoms with Crippen molar-refractivity contribution < 1.29 is 25.0 Å². The van der Waals surface area contributed by atoms with E-state index >= 15 is 0 Å². The highest BCUT2D eigenvalue weighted by molar-refractivity contribution is 7.99. The van der Waals surface area contributed by atoms with Crippen molar-refractivity contribution in [2.45, 2.75) is 57.3 Å². The number of hydrogen-bond acceptors (Lipinski definition) is 6. The molecule has 0 amide bonds. The molecule has 0 spiro atoms. The van der Waals surface area contributed by atoms with E-state index in [1.165, 1.54) is 0 Å². The quantitative estimate of drug-likeness (QED) is 0.104. The van der Waals surface area contributed by atoms with Gasteiger partial charge >= 0.3 is 5.97 Å². The number of thioether (sulfide) groups is 1. The van der Waals surface area contributed by atoms with E-state index < -0.39 is 5.97 Å². The lowest BCUT2D eigenvalue weighted by Crippen LogP contribution is -2.06. The summed E-state index contributed by atoms with van der Waals surface area (Å²) >= 11 is 7.86. The molecule has 32 heavy (non-hydrogen) atoms. The molecule has 0 heterocycles. The summed E-state index contributed by atoms with van der Waals surface area (Å²) in [6, 6.07) is 8.88. The van der Waals surface area contributed by atoms with Crippen LogP contribution in [0.4, 0.5) is 0 Å². The lowest BCUT2D eigenvalue weighted by molar-refractivity contribution is -0.136. The fraction of sp³-hybridized carbons (Fsp3) is 0.417. The largest absolute Gasteiger partial charge is 0.507 e. The van der Waals surface area contributed by atoms with Gasteiger partial charge in [0, 0.05) is 21.8 Å². The Kier molecular flexibility index (Phi) is 10.7. The molecule has 0 bridgehead atoms. The van der Waals surface area contributed by atoms with Crippen LogP contribution in [0.25, 0.3) is 0 Å². The highest BCUT2D eigenvalue weighted by Gasteiger charge is 2.17. The molecular weight excluding hydrogens is 450 g/mol. The number of aliphatic carboxylic acids is 1. The molecule has 0 aliphatic carbocycles. The Morgan fingerprint density at radius 2 is 1.97 bits per heavy atom. The summed E-state index contributed by atoms with van der Waals surface area (Å²) in [5.74, 6) is 0.657. The number of phenolic OH excluding ortho intramolecular Hbond substituents is 1. The molecule has 0 aliphatic heterocycles. The molecule has 0 saturated carbocycles. The monoisotopic (exact) mass is 479 g/mol. The van der Waals surface area contributed by atoms with Crippen LogP contribution in [0.15, 0.2) is 40.4 Å². The number of hydrogen-bond donors (Lipinski definition) is 3. The molecule has 0 aliphatic rings. The Morgan fingerprint density at radius 1 is 1.19 bits per heavy atom. The molecular formula is C24H30ClNO5S. The fourth-order valence-electron chi connectivity index (χ4n) is 3.32. The first-order valence-electron chi connectivity index (χ1n) is 10.7. The zero-order valence-corrected chi connectivity index (χ0v) is 20.0. The summed E-state index contributed by atoms with van der Waals surface area (Å²) in [6.07, 6.45) is 3.61. The second-order valence-electron chi connectivity index (χ2n) is 7.37. The lowest BCUT2D eigenvalue weighted by Gasteiger charge is -2.16. The minimum Gasteiger partial charge on any atom is -0.507 e. The maximum Gasteiger partial charge on any atom is 0.307 e. The van der Waals surface area contributed by atoms with Gasteiger partial charge in [-0.15, -0.1) is 11.8 Å². The highest BCUT2D eigenvalue weighted by atomic mass is 35.5. The Labute approximate surface area is 198 Å². The van der Waals surface area contributed by atoms with Crippen molar-refractivity contribution in [3.05, 3.63) is 52.0 Å². The lowest BCUT2D eigenvalue weighted by atomic mass is 9.98. The van der Waals surface area contributed by atoms with Crippen molar-refractivity contribution in [3.63, 3.8) is 0 Å². The van der Waals surface area contributed by atoms with Crippen molar-refractivity contribution in [2.24, 2.45) is 5.16 Å². The SMILES string of the molecule is CCC/C(=N\O)c1ccc(OCCCSc2ccc(CC(=O)O)cc2Cl)c(CCC)c1O. The topological polar surface area (TPSA) is 99.4 Å². The van der Waals surface area contributed by atoms with Crippen LogP contribution < -0.4 is 4.74 Å². The Morgan fingerprint density at radius 3 is 2.59 bits per heavy atom. The molecule has 6 nitrogen and oxygen atoms in total. The first kappa shape index (κ1) is 25.9. The molecule has 3 N–H and O–H groups in total. The van der Waals surface area contributed by atoms with E-state index in [9.17, 15) is 15.1 Å². The van der Waals surface area contributed by atoms with Crippen LogP contribution >= 0.6 is 23.4 Å². The number of halogens is 1. The number of aromatic hydroxyl groups is 1. The molecule has 8 heteroatoms. The number of carbonyl (C=O) groups is 1. The first-order valence-corrected chi connectivity index (χ1v) is 12.1. The maximum atomic E-state index is 10.8. The van der Waals surface area contributed by atoms with Crippen LogP contribution in [0.1, 0.15) is 56.2 Å². The van der Waals surface area contributed by atoms with Gasteiger partial charge in [0.2, 0.25) is 0 Å². The van der Waals surface area contributed by atoms with Crippen LogP contribution in [0.5, 0.6) is 11.5 Å². The number of phenols is 1. The summed E-state index contributed by atoms with van der Waals surface area (Å²) in [5, 5.41) is 32.8. The van der Waals surface area contributed by atoms with Gasteiger partial charge in [0.15, 0.2) is 0 Å². The predicted octanol–water partition coefficient (Wildman–Crippen LogP) is 6.16. The first-order chi connectivity index (χ1) is 15.4. The summed E-state index contributed by atoms with van der Waals surface area (Å²) in [7, 11) is 0. The number of carboxylic acids is 1. The standard InChI is InChI=1S/C24H30ClNO5S/c1-3-6-18-21(10-9-17(24(18)29)20(26-30)7-4-2)31-12-5-13-32-22-11-8-16(14-19(22)25)15-23(27)28/h8-11,14,29-30H,3-7,12-13,15H2,1-2H3,(H,27,28)/b26-20+. The zero-order valence-electron chi connectivity index (χ0n) is 18.4. The molecule has 0 aromatic heterocycles. The van der Waals surface area contributed by atoms with E-state index in [2.05, 4.69) is 5.16 Å². The fourth-order valence-corrected chi connectivity index (χ4v) is 4.53. The van der Waals surface area contributed by atoms with E-state index in [0.29, 0.717) is 47.1 Å². The van der Waals surface area contributed by atoms with Crippen molar-refractivity contribution in [1.82, 2.24) is 0 Å². The number of oxime groups is 1. The summed E-state index contributed by atoms with van der Waals surface area (Å²) in [5.41, 5.74) is 2.42. The third-order valence-corrected chi connectivity index (χ3v) is 6.40. The van der Waals surface area contributed by atoms with E-state index in [1.54, 1.807) is 30.0 Å². The van der Waals surface area contributed by atoms with Crippen LogP contribution in [-0.4, -0.2) is 39.5 Å². The smallest absolute Gasteiger partial charge is 0.307 e. The molecule has 2 rings (SSSR count). The Bertz CT molecular complexity index is 948. The summed E-state index contributed by atoms with van der Waals surface area (Å²) < 4.78 is 5.96. The number of rotatable bonds is 13. The van der Waals surface area contributed by atoms with Crippen LogP contribution in [0.3, 0.4) is 0 Å². The third-order valence-electron chi connectivity index (χ3n) is 4.81. The van der Waals surface area contributed by atoms with Gasteiger partial charge in [-0.05, 0) is 49.1 Å². The number of ether oxygens (including phenoxy) is 1. The molecule has 174 valence electrons. The molecule has 0 radical (unpaired) electrons. The maximum absolute atomic E-state index is 10.8. The van der Waals surface area contributed by atoms with Crippen LogP contribution in [-0.2, 0) is 17.6 Å². The minimum absolute atomic E-state index is 0.0473. The molecule has 2 aromatic rings. The van der Waals surface area contributed by atoms with Crippen molar-refractivity contribution >= 4 is 35.0 Å². The summed E-state index contributed by atoms with van der Waals surface area (Å²) in [4.78, 5) is 11.7. The van der Waals surface area contributed by atoms with Crippen LogP contribution in [0, 0.1) is 0 Å². The van der Waals surface area contributed by atoms with Gasteiger partial charge in [0.25, 0.3) is 0 Å². The van der Waals surface area contributed by atoms with Gasteiger partial charge in [0.05, 0.1) is 23.8 Å². The Balaban J connectivity index is 1.96. The van der Waals surface area contributed by atoms with E-state index in [0.717, 1.165) is 35.5 Å². The number of benzene rings is 2. The minimum atomic E-state index is -0.884. The third kappa shape index (κ3) is 7.35. The summed E-state index contributed by atoms with van der Waals surface area (Å²) in [6.45, 7) is 4.50. The average molecular weight is 480 g/mol. The van der Waals surface area contributed by atoms with Gasteiger partial charge in [-0.2, -0.15) is 0 Å². The predicted molar refractivity (Wildman–Crippen MR) is 129 cm³/mol. The molecule has 0 atom stereocenters. The normalized spacial score (nSPS) is 11.5. The second kappa shape index (κ2) is 13.2. The van der Waals surface area contributed by atoms with Crippen LogP contribution in [0.2, 0.25) is 5.02 Å². The van der Waals surface area contributed by atoms with E-state index in [1.807, 2.05) is 26.0 Å².